The van der Waals surface area contributed by atoms with Crippen LogP contribution in [0.1, 0.15) is 6.92 Å². The highest BCUT2D eigenvalue weighted by Crippen LogP contribution is 2.00. The van der Waals surface area contributed by atoms with Crippen LogP contribution in [0.2, 0.25) is 0 Å². The topological polar surface area (TPSA) is 46.3 Å². The molecule has 2 N–H and O–H groups in total. The van der Waals surface area contributed by atoms with E-state index in [4.69, 9.17) is 5.73 Å². The molecular weight excluding hydrogens is 152 g/mol. The van der Waals surface area contributed by atoms with Gasteiger partial charge >= 0.3 is 0 Å². The van der Waals surface area contributed by atoms with E-state index in [-0.39, 0.29) is 11.9 Å². The fraction of sp³-hybridized carbons (Fsp3) is 0.444. The van der Waals surface area contributed by atoms with Crippen LogP contribution in [0.4, 0.5) is 0 Å². The molecule has 68 valence electrons. The van der Waals surface area contributed by atoms with Crippen molar-refractivity contribution < 1.29 is 4.79 Å². The molecule has 1 unspecified atom stereocenters. The van der Waals surface area contributed by atoms with Crippen LogP contribution in [-0.4, -0.2) is 30.4 Å². The molecule has 0 fully saturated rings. The predicted octanol–water partition coefficient (Wildman–Crippen LogP) is 0.534. The van der Waals surface area contributed by atoms with Crippen molar-refractivity contribution in [1.82, 2.24) is 4.90 Å². The first-order valence-electron chi connectivity index (χ1n) is 3.81. The number of nitrogens with zero attached hydrogens (tertiary/aromatic N) is 1. The molecule has 0 rings (SSSR count). The van der Waals surface area contributed by atoms with Gasteiger partial charge in [-0.2, -0.15) is 0 Å². The van der Waals surface area contributed by atoms with Gasteiger partial charge in [0.05, 0.1) is 0 Å². The lowest BCUT2D eigenvalue weighted by molar-refractivity contribution is -0.125. The molecule has 12 heavy (non-hydrogen) atoms. The van der Waals surface area contributed by atoms with Gasteiger partial charge in [-0.05, 0) is 6.92 Å². The van der Waals surface area contributed by atoms with E-state index in [0.29, 0.717) is 12.1 Å². The minimum Gasteiger partial charge on any atom is -0.338 e. The Morgan fingerprint density at radius 3 is 2.58 bits per heavy atom. The number of carbonyl (C=O) groups excluding carboxylic acids is 1. The molecule has 0 aromatic carbocycles. The summed E-state index contributed by atoms with van der Waals surface area (Å²) in [5.74, 6) is -0.120. The zero-order valence-electron chi connectivity index (χ0n) is 7.71. The van der Waals surface area contributed by atoms with Crippen molar-refractivity contribution in [1.29, 1.82) is 0 Å². The lowest BCUT2D eigenvalue weighted by Gasteiger charge is -2.17. The lowest BCUT2D eigenvalue weighted by Crippen LogP contribution is -2.34. The van der Waals surface area contributed by atoms with E-state index in [1.54, 1.807) is 20.0 Å². The molecule has 3 heteroatoms. The highest BCUT2D eigenvalue weighted by molar-refractivity contribution is 5.93. The summed E-state index contributed by atoms with van der Waals surface area (Å²) >= 11 is 0. The van der Waals surface area contributed by atoms with Crippen molar-refractivity contribution in [2.24, 2.45) is 5.73 Å². The van der Waals surface area contributed by atoms with E-state index >= 15 is 0 Å². The summed E-state index contributed by atoms with van der Waals surface area (Å²) in [7, 11) is 1.69. The third-order valence-corrected chi connectivity index (χ3v) is 1.57. The van der Waals surface area contributed by atoms with Crippen LogP contribution in [0.15, 0.2) is 24.8 Å². The number of amides is 1. The Bertz CT molecular complexity index is 197. The SMILES string of the molecule is C=CCN(C)C(=O)C(=C)C(C)N. The van der Waals surface area contributed by atoms with Gasteiger partial charge in [-0.1, -0.05) is 12.7 Å². The third kappa shape index (κ3) is 2.88. The zero-order chi connectivity index (χ0) is 9.72. The largest absolute Gasteiger partial charge is 0.338 e. The van der Waals surface area contributed by atoms with Crippen LogP contribution in [0.5, 0.6) is 0 Å². The number of rotatable bonds is 4. The molecule has 0 bridgehead atoms. The molecule has 0 saturated carbocycles. The summed E-state index contributed by atoms with van der Waals surface area (Å²) in [6.45, 7) is 9.40. The van der Waals surface area contributed by atoms with Crippen molar-refractivity contribution in [2.45, 2.75) is 13.0 Å². The Kier molecular flexibility index (Phi) is 4.29. The molecule has 1 amide bonds. The highest BCUT2D eigenvalue weighted by atomic mass is 16.2. The van der Waals surface area contributed by atoms with Crippen LogP contribution in [-0.2, 0) is 4.79 Å². The number of nitrogens with two attached hydrogens (primary N) is 1. The fourth-order valence-electron chi connectivity index (χ4n) is 0.716. The maximum atomic E-state index is 11.4. The van der Waals surface area contributed by atoms with E-state index in [1.807, 2.05) is 0 Å². The molecule has 0 spiro atoms. The molecule has 1 atom stereocenters. The number of carbonyl (C=O) groups is 1. The molecule has 0 aliphatic heterocycles. The molecule has 0 aliphatic carbocycles. The van der Waals surface area contributed by atoms with Gasteiger partial charge in [-0.3, -0.25) is 4.79 Å². The lowest BCUT2D eigenvalue weighted by atomic mass is 10.1. The Morgan fingerprint density at radius 2 is 2.25 bits per heavy atom. The van der Waals surface area contributed by atoms with Gasteiger partial charge in [0.15, 0.2) is 0 Å². The van der Waals surface area contributed by atoms with E-state index in [0.717, 1.165) is 0 Å². The molecule has 0 aromatic rings. The summed E-state index contributed by atoms with van der Waals surface area (Å²) in [5.41, 5.74) is 5.93. The van der Waals surface area contributed by atoms with Crippen molar-refractivity contribution in [3.63, 3.8) is 0 Å². The molecule has 0 radical (unpaired) electrons. The smallest absolute Gasteiger partial charge is 0.250 e. The Balaban J connectivity index is 4.19. The summed E-state index contributed by atoms with van der Waals surface area (Å²) in [5, 5.41) is 0. The van der Waals surface area contributed by atoms with Crippen molar-refractivity contribution in [2.75, 3.05) is 13.6 Å². The zero-order valence-corrected chi connectivity index (χ0v) is 7.71. The fourth-order valence-corrected chi connectivity index (χ4v) is 0.716. The van der Waals surface area contributed by atoms with Crippen molar-refractivity contribution >= 4 is 5.91 Å². The van der Waals surface area contributed by atoms with Gasteiger partial charge in [0.2, 0.25) is 0 Å². The van der Waals surface area contributed by atoms with Gasteiger partial charge < -0.3 is 10.6 Å². The predicted molar refractivity (Wildman–Crippen MR) is 50.6 cm³/mol. The quantitative estimate of drug-likeness (QED) is 0.492. The second-order valence-corrected chi connectivity index (χ2v) is 2.79. The molecular formula is C9H16N2O. The molecule has 0 saturated heterocycles. The number of likely N-dealkylation sites (N-methyl/N-ethyl adjacent to an activating group) is 1. The van der Waals surface area contributed by atoms with Crippen LogP contribution in [0.3, 0.4) is 0 Å². The van der Waals surface area contributed by atoms with Gasteiger partial charge in [0.25, 0.3) is 5.91 Å². The van der Waals surface area contributed by atoms with Gasteiger partial charge in [-0.25, -0.2) is 0 Å². The second kappa shape index (κ2) is 4.72. The van der Waals surface area contributed by atoms with Gasteiger partial charge in [-0.15, -0.1) is 6.58 Å². The van der Waals surface area contributed by atoms with Crippen LogP contribution >= 0.6 is 0 Å². The Labute approximate surface area is 73.5 Å². The maximum absolute atomic E-state index is 11.4. The van der Waals surface area contributed by atoms with E-state index < -0.39 is 0 Å². The number of hydrogen-bond acceptors (Lipinski definition) is 2. The summed E-state index contributed by atoms with van der Waals surface area (Å²) < 4.78 is 0. The van der Waals surface area contributed by atoms with Crippen molar-refractivity contribution in [3.8, 4) is 0 Å². The minimum absolute atomic E-state index is 0.120. The monoisotopic (exact) mass is 168 g/mol. The molecule has 3 nitrogen and oxygen atoms in total. The first-order chi connectivity index (χ1) is 5.50. The van der Waals surface area contributed by atoms with Crippen LogP contribution in [0.25, 0.3) is 0 Å². The summed E-state index contributed by atoms with van der Waals surface area (Å²) in [6.07, 6.45) is 1.66. The standard InChI is InChI=1S/C9H16N2O/c1-5-6-11(4)9(12)7(2)8(3)10/h5,8H,1-2,6,10H2,3-4H3. The average Bonchev–Trinajstić information content (AvgIpc) is 2.02. The van der Waals surface area contributed by atoms with E-state index in [1.165, 1.54) is 4.90 Å². The highest BCUT2D eigenvalue weighted by Gasteiger charge is 2.14. The molecule has 0 aliphatic rings. The average molecular weight is 168 g/mol. The van der Waals surface area contributed by atoms with Crippen LogP contribution < -0.4 is 5.73 Å². The Morgan fingerprint density at radius 1 is 1.75 bits per heavy atom. The molecule has 0 aromatic heterocycles. The normalized spacial score (nSPS) is 11.9. The summed E-state index contributed by atoms with van der Waals surface area (Å²) in [4.78, 5) is 12.9. The first-order valence-corrected chi connectivity index (χ1v) is 3.81. The maximum Gasteiger partial charge on any atom is 0.250 e. The van der Waals surface area contributed by atoms with E-state index in [9.17, 15) is 4.79 Å². The first kappa shape index (κ1) is 10.9. The number of hydrogen-bond donors (Lipinski definition) is 1. The van der Waals surface area contributed by atoms with Gasteiger partial charge in [0.1, 0.15) is 0 Å². The Hall–Kier alpha value is -1.09. The summed E-state index contributed by atoms with van der Waals surface area (Å²) in [6, 6.07) is -0.287. The minimum atomic E-state index is -0.287. The van der Waals surface area contributed by atoms with Gasteiger partial charge in [0, 0.05) is 25.2 Å². The third-order valence-electron chi connectivity index (χ3n) is 1.57. The van der Waals surface area contributed by atoms with Crippen molar-refractivity contribution in [3.05, 3.63) is 24.8 Å². The molecule has 0 heterocycles. The second-order valence-electron chi connectivity index (χ2n) is 2.79. The van der Waals surface area contributed by atoms with Crippen LogP contribution in [0, 0.1) is 0 Å². The van der Waals surface area contributed by atoms with E-state index in [2.05, 4.69) is 13.2 Å².